The molecule has 6 nitrogen and oxygen atoms in total. The summed E-state index contributed by atoms with van der Waals surface area (Å²) >= 11 is 0. The second-order valence-electron chi connectivity index (χ2n) is 6.72. The number of hydrogen-bond donors (Lipinski definition) is 3. The van der Waals surface area contributed by atoms with Gasteiger partial charge >= 0.3 is 12.4 Å². The van der Waals surface area contributed by atoms with Gasteiger partial charge in [-0.15, -0.1) is 0 Å². The van der Waals surface area contributed by atoms with Crippen LogP contribution in [-0.4, -0.2) is 39.4 Å². The molecule has 0 radical (unpaired) electrons. The predicted octanol–water partition coefficient (Wildman–Crippen LogP) is 5.11. The second kappa shape index (κ2) is 8.52. The number of hydrogen-bond acceptors (Lipinski definition) is 4. The summed E-state index contributed by atoms with van der Waals surface area (Å²) in [6.07, 6.45) is -8.06. The largest absolute Gasteiger partial charge is 0.494 e. The van der Waals surface area contributed by atoms with E-state index in [1.165, 1.54) is 18.2 Å². The van der Waals surface area contributed by atoms with Gasteiger partial charge in [-0.25, -0.2) is 9.98 Å². The number of aromatic amines is 1. The first-order valence-electron chi connectivity index (χ1n) is 9.20. The van der Waals surface area contributed by atoms with Gasteiger partial charge in [-0.1, -0.05) is 6.92 Å². The van der Waals surface area contributed by atoms with Crippen molar-refractivity contribution in [3.8, 4) is 5.88 Å². The van der Waals surface area contributed by atoms with E-state index in [2.05, 4.69) is 15.0 Å². The molecule has 3 aromatic rings. The summed E-state index contributed by atoms with van der Waals surface area (Å²) in [7, 11) is 0. The number of amides is 1. The lowest BCUT2D eigenvalue weighted by Gasteiger charge is -2.09. The summed E-state index contributed by atoms with van der Waals surface area (Å²) in [4.78, 5) is 22.7. The number of alkyl halides is 6. The summed E-state index contributed by atoms with van der Waals surface area (Å²) in [6, 6.07) is 5.45. The Morgan fingerprint density at radius 2 is 1.88 bits per heavy atom. The van der Waals surface area contributed by atoms with Crippen LogP contribution in [0, 0.1) is 0 Å². The van der Waals surface area contributed by atoms with E-state index >= 15 is 0 Å². The first-order valence-corrected chi connectivity index (χ1v) is 9.20. The molecule has 3 N–H and O–H groups in total. The number of pyridine rings is 1. The van der Waals surface area contributed by atoms with Crippen LogP contribution in [0.1, 0.15) is 34.8 Å². The van der Waals surface area contributed by atoms with E-state index in [0.29, 0.717) is 5.52 Å². The number of nitrogens with one attached hydrogen (secondary N) is 2. The molecule has 2 aromatic heterocycles. The number of rotatable bonds is 5. The summed E-state index contributed by atoms with van der Waals surface area (Å²) in [5.41, 5.74) is -0.438. The third-order valence-electron chi connectivity index (χ3n) is 4.44. The lowest BCUT2D eigenvalue weighted by Crippen LogP contribution is -2.33. The lowest BCUT2D eigenvalue weighted by molar-refractivity contribution is -0.137. The van der Waals surface area contributed by atoms with Crippen LogP contribution >= 0.6 is 0 Å². The number of aliphatic imine (C=N–C) groups is 1. The van der Waals surface area contributed by atoms with E-state index in [9.17, 15) is 36.2 Å². The molecule has 32 heavy (non-hydrogen) atoms. The number of carbonyl (C=O) groups is 1. The Morgan fingerprint density at radius 1 is 1.16 bits per heavy atom. The molecule has 0 fully saturated rings. The zero-order chi connectivity index (χ0) is 23.7. The van der Waals surface area contributed by atoms with Crippen LogP contribution in [0.25, 0.3) is 10.9 Å². The third kappa shape index (κ3) is 5.18. The fourth-order valence-corrected chi connectivity index (χ4v) is 3.00. The van der Waals surface area contributed by atoms with Gasteiger partial charge in [0, 0.05) is 22.7 Å². The molecule has 3 rings (SSSR count). The monoisotopic (exact) mass is 458 g/mol. The number of H-pyrrole nitrogens is 1. The van der Waals surface area contributed by atoms with Crippen molar-refractivity contribution >= 4 is 28.3 Å². The van der Waals surface area contributed by atoms with Crippen molar-refractivity contribution in [3.05, 3.63) is 53.2 Å². The smallest absolute Gasteiger partial charge is 0.416 e. The molecule has 0 spiro atoms. The first-order chi connectivity index (χ1) is 14.9. The molecule has 2 heterocycles. The molecule has 0 bridgehead atoms. The molecule has 0 unspecified atom stereocenters. The molecule has 0 aliphatic heterocycles. The van der Waals surface area contributed by atoms with Gasteiger partial charge in [0.05, 0.1) is 16.8 Å². The van der Waals surface area contributed by atoms with Crippen LogP contribution in [0.2, 0.25) is 0 Å². The van der Waals surface area contributed by atoms with Crippen molar-refractivity contribution in [2.75, 3.05) is 6.54 Å². The van der Waals surface area contributed by atoms with Crippen LogP contribution in [0.5, 0.6) is 5.88 Å². The molecule has 0 aliphatic rings. The molecule has 1 amide bonds. The Kier molecular flexibility index (Phi) is 6.15. The van der Waals surface area contributed by atoms with Gasteiger partial charge in [-0.2, -0.15) is 26.3 Å². The van der Waals surface area contributed by atoms with Gasteiger partial charge in [0.15, 0.2) is 11.7 Å². The van der Waals surface area contributed by atoms with E-state index in [1.807, 2.05) is 0 Å². The van der Waals surface area contributed by atoms with Gasteiger partial charge in [-0.3, -0.25) is 4.79 Å². The van der Waals surface area contributed by atoms with Gasteiger partial charge in [0.2, 0.25) is 0 Å². The number of fused-ring (bicyclic) bond motifs is 1. The molecule has 0 saturated carbocycles. The van der Waals surface area contributed by atoms with Crippen LogP contribution in [0.3, 0.4) is 0 Å². The minimum absolute atomic E-state index is 0.102. The zero-order valence-electron chi connectivity index (χ0n) is 16.4. The summed E-state index contributed by atoms with van der Waals surface area (Å²) in [6.45, 7) is 0.128. The minimum atomic E-state index is -4.60. The van der Waals surface area contributed by atoms with Crippen molar-refractivity contribution in [2.45, 2.75) is 25.7 Å². The summed E-state index contributed by atoms with van der Waals surface area (Å²) in [5, 5.41) is 12.4. The van der Waals surface area contributed by atoms with Gasteiger partial charge < -0.3 is 15.4 Å². The zero-order valence-corrected chi connectivity index (χ0v) is 16.4. The highest BCUT2D eigenvalue weighted by atomic mass is 19.4. The Balaban J connectivity index is 2.04. The topological polar surface area (TPSA) is 90.4 Å². The highest BCUT2D eigenvalue weighted by molar-refractivity contribution is 6.14. The SMILES string of the molecule is CCC(=Nc1cc(C(F)(F)F)ccn1)c1c(O)[nH]c2ccc(C(=O)NCC(F)(F)F)cc12. The normalized spacial score (nSPS) is 12.9. The second-order valence-corrected chi connectivity index (χ2v) is 6.72. The van der Waals surface area contributed by atoms with Gasteiger partial charge in [0.1, 0.15) is 6.54 Å². The molecular weight excluding hydrogens is 442 g/mol. The number of nitrogens with zero attached hydrogens (tertiary/aromatic N) is 2. The molecule has 12 heteroatoms. The van der Waals surface area contributed by atoms with Crippen molar-refractivity contribution in [2.24, 2.45) is 4.99 Å². The Labute approximate surface area is 177 Å². The van der Waals surface area contributed by atoms with Crippen LogP contribution in [0.15, 0.2) is 41.5 Å². The highest BCUT2D eigenvalue weighted by Crippen LogP contribution is 2.33. The Hall–Kier alpha value is -3.57. The van der Waals surface area contributed by atoms with Gasteiger partial charge in [-0.05, 0) is 36.8 Å². The molecule has 170 valence electrons. The maximum atomic E-state index is 13.0. The number of aromatic nitrogens is 2. The molecule has 0 saturated heterocycles. The van der Waals surface area contributed by atoms with Crippen molar-refractivity contribution < 1.29 is 36.2 Å². The average molecular weight is 458 g/mol. The van der Waals surface area contributed by atoms with Crippen LogP contribution < -0.4 is 5.32 Å². The maximum Gasteiger partial charge on any atom is 0.416 e. The van der Waals surface area contributed by atoms with E-state index in [0.717, 1.165) is 18.3 Å². The van der Waals surface area contributed by atoms with E-state index in [-0.39, 0.29) is 40.3 Å². The van der Waals surface area contributed by atoms with Gasteiger partial charge in [0.25, 0.3) is 5.91 Å². The van der Waals surface area contributed by atoms with Crippen LogP contribution in [-0.2, 0) is 6.18 Å². The molecular formula is C20H16F6N4O2. The summed E-state index contributed by atoms with van der Waals surface area (Å²) < 4.78 is 76.0. The molecule has 0 atom stereocenters. The standard InChI is InChI=1S/C20H16F6N4O2/c1-2-13(29-15-8-11(5-6-27-15)20(24,25)26)16-12-7-10(3-4-14(12)30-18(16)32)17(31)28-9-19(21,22)23/h3-8,30,32H,2,9H2,1H3,(H,28,31). The lowest BCUT2D eigenvalue weighted by atomic mass is 10.0. The Morgan fingerprint density at radius 3 is 2.50 bits per heavy atom. The fourth-order valence-electron chi connectivity index (χ4n) is 3.00. The van der Waals surface area contributed by atoms with E-state index in [1.54, 1.807) is 12.2 Å². The number of halogens is 6. The number of carbonyl (C=O) groups excluding carboxylic acids is 1. The van der Waals surface area contributed by atoms with Crippen LogP contribution in [0.4, 0.5) is 32.2 Å². The summed E-state index contributed by atoms with van der Waals surface area (Å²) in [5.74, 6) is -1.59. The van der Waals surface area contributed by atoms with Crippen molar-refractivity contribution in [3.63, 3.8) is 0 Å². The quantitative estimate of drug-likeness (QED) is 0.367. The van der Waals surface area contributed by atoms with Crippen molar-refractivity contribution in [1.82, 2.24) is 15.3 Å². The third-order valence-corrected chi connectivity index (χ3v) is 4.44. The highest BCUT2D eigenvalue weighted by Gasteiger charge is 2.31. The van der Waals surface area contributed by atoms with Crippen molar-refractivity contribution in [1.29, 1.82) is 0 Å². The fraction of sp³-hybridized carbons (Fsp3) is 0.250. The maximum absolute atomic E-state index is 13.0. The minimum Gasteiger partial charge on any atom is -0.494 e. The van der Waals surface area contributed by atoms with E-state index < -0.39 is 30.4 Å². The molecule has 1 aromatic carbocycles. The molecule has 0 aliphatic carbocycles. The first kappa shape index (κ1) is 23.1. The predicted molar refractivity (Wildman–Crippen MR) is 104 cm³/mol. The number of benzene rings is 1. The number of aromatic hydroxyl groups is 1. The van der Waals surface area contributed by atoms with E-state index in [4.69, 9.17) is 0 Å². The average Bonchev–Trinajstić information content (AvgIpc) is 3.04. The Bertz CT molecular complexity index is 1180.